The summed E-state index contributed by atoms with van der Waals surface area (Å²) in [6.07, 6.45) is 2.02. The lowest BCUT2D eigenvalue weighted by Gasteiger charge is -2.14. The molecule has 2 heteroatoms. The number of aromatic hydroxyl groups is 1. The van der Waals surface area contributed by atoms with Gasteiger partial charge >= 0.3 is 0 Å². The maximum atomic E-state index is 9.70. The van der Waals surface area contributed by atoms with Crippen molar-refractivity contribution < 1.29 is 5.11 Å². The molecule has 2 aromatic rings. The number of hydrogen-bond acceptors (Lipinski definition) is 1. The third-order valence-electron chi connectivity index (χ3n) is 2.80. The van der Waals surface area contributed by atoms with Gasteiger partial charge in [0.05, 0.1) is 5.69 Å². The van der Waals surface area contributed by atoms with Crippen molar-refractivity contribution in [3.8, 4) is 11.4 Å². The molecule has 15 heavy (non-hydrogen) atoms. The Morgan fingerprint density at radius 1 is 1.07 bits per heavy atom. The van der Waals surface area contributed by atoms with E-state index in [1.165, 1.54) is 11.3 Å². The van der Waals surface area contributed by atoms with E-state index >= 15 is 0 Å². The second-order valence-corrected chi connectivity index (χ2v) is 3.89. The van der Waals surface area contributed by atoms with Crippen molar-refractivity contribution >= 4 is 0 Å². The Labute approximate surface area is 89.8 Å². The number of nitrogens with zero attached hydrogens (tertiary/aromatic N) is 1. The number of aromatic nitrogens is 1. The molecule has 78 valence electrons. The summed E-state index contributed by atoms with van der Waals surface area (Å²) in [6.45, 7) is 6.06. The summed E-state index contributed by atoms with van der Waals surface area (Å²) >= 11 is 0. The third kappa shape index (κ3) is 1.52. The molecule has 0 spiro atoms. The van der Waals surface area contributed by atoms with Crippen LogP contribution in [0.5, 0.6) is 5.75 Å². The molecule has 0 radical (unpaired) electrons. The topological polar surface area (TPSA) is 25.2 Å². The van der Waals surface area contributed by atoms with Crippen LogP contribution in [0, 0.1) is 20.8 Å². The summed E-state index contributed by atoms with van der Waals surface area (Å²) in [5.41, 5.74) is 4.35. The van der Waals surface area contributed by atoms with Crippen molar-refractivity contribution in [3.05, 3.63) is 47.3 Å². The summed E-state index contributed by atoms with van der Waals surface area (Å²) in [4.78, 5) is 0. The molecule has 2 rings (SSSR count). The third-order valence-corrected chi connectivity index (χ3v) is 2.80. The molecule has 0 aliphatic carbocycles. The molecule has 0 amide bonds. The molecular weight excluding hydrogens is 186 g/mol. The van der Waals surface area contributed by atoms with Crippen molar-refractivity contribution in [3.63, 3.8) is 0 Å². The van der Waals surface area contributed by atoms with Crippen LogP contribution in [0.4, 0.5) is 0 Å². The molecule has 1 N–H and O–H groups in total. The highest BCUT2D eigenvalue weighted by molar-refractivity contribution is 5.54. The van der Waals surface area contributed by atoms with Crippen LogP contribution >= 0.6 is 0 Å². The van der Waals surface area contributed by atoms with Crippen LogP contribution in [0.3, 0.4) is 0 Å². The molecule has 0 fully saturated rings. The zero-order chi connectivity index (χ0) is 11.0. The first kappa shape index (κ1) is 9.84. The van der Waals surface area contributed by atoms with Crippen LogP contribution in [-0.2, 0) is 0 Å². The van der Waals surface area contributed by atoms with Crippen molar-refractivity contribution in [1.29, 1.82) is 0 Å². The van der Waals surface area contributed by atoms with E-state index in [2.05, 4.69) is 24.5 Å². The van der Waals surface area contributed by atoms with E-state index in [0.717, 1.165) is 11.3 Å². The molecule has 0 bridgehead atoms. The summed E-state index contributed by atoms with van der Waals surface area (Å²) in [7, 11) is 0. The van der Waals surface area contributed by atoms with E-state index in [1.807, 2.05) is 25.3 Å². The quantitative estimate of drug-likeness (QED) is 0.753. The molecule has 1 heterocycles. The Hall–Kier alpha value is -1.70. The van der Waals surface area contributed by atoms with Crippen molar-refractivity contribution in [1.82, 2.24) is 4.57 Å². The summed E-state index contributed by atoms with van der Waals surface area (Å²) in [6, 6.07) is 7.76. The number of rotatable bonds is 1. The normalized spacial score (nSPS) is 10.6. The van der Waals surface area contributed by atoms with Crippen LogP contribution in [-0.4, -0.2) is 9.67 Å². The van der Waals surface area contributed by atoms with Gasteiger partial charge in [-0.1, -0.05) is 6.07 Å². The van der Waals surface area contributed by atoms with E-state index < -0.39 is 0 Å². The summed E-state index contributed by atoms with van der Waals surface area (Å²) < 4.78 is 2.10. The van der Waals surface area contributed by atoms with Gasteiger partial charge in [0.15, 0.2) is 0 Å². The largest absolute Gasteiger partial charge is 0.508 e. The Morgan fingerprint density at radius 2 is 1.80 bits per heavy atom. The van der Waals surface area contributed by atoms with E-state index in [0.29, 0.717) is 5.75 Å². The van der Waals surface area contributed by atoms with E-state index in [-0.39, 0.29) is 0 Å². The maximum absolute atomic E-state index is 9.70. The van der Waals surface area contributed by atoms with E-state index in [4.69, 9.17) is 0 Å². The fourth-order valence-electron chi connectivity index (χ4n) is 1.91. The predicted octanol–water partition coefficient (Wildman–Crippen LogP) is 3.11. The van der Waals surface area contributed by atoms with Gasteiger partial charge in [-0.3, -0.25) is 0 Å². The van der Waals surface area contributed by atoms with Gasteiger partial charge in [-0.2, -0.15) is 0 Å². The minimum atomic E-state index is 0.351. The zero-order valence-corrected chi connectivity index (χ0v) is 9.28. The van der Waals surface area contributed by atoms with Gasteiger partial charge in [0.1, 0.15) is 5.75 Å². The standard InChI is InChI=1S/C13H15NO/c1-9-6-7-12(15)11(3)13(9)14-8-4-5-10(14)2/h4-8,15H,1-3H3. The van der Waals surface area contributed by atoms with Crippen molar-refractivity contribution in [2.24, 2.45) is 0 Å². The SMILES string of the molecule is Cc1ccc(O)c(C)c1-n1cccc1C. The van der Waals surface area contributed by atoms with E-state index in [9.17, 15) is 5.11 Å². The molecule has 1 aromatic heterocycles. The highest BCUT2D eigenvalue weighted by Gasteiger charge is 2.09. The fraction of sp³-hybridized carbons (Fsp3) is 0.231. The van der Waals surface area contributed by atoms with Gasteiger partial charge in [-0.25, -0.2) is 0 Å². The van der Waals surface area contributed by atoms with Crippen molar-refractivity contribution in [2.75, 3.05) is 0 Å². The average molecular weight is 201 g/mol. The second-order valence-electron chi connectivity index (χ2n) is 3.89. The summed E-state index contributed by atoms with van der Waals surface area (Å²) in [5.74, 6) is 0.351. The molecule has 0 saturated carbocycles. The number of benzene rings is 1. The lowest BCUT2D eigenvalue weighted by Crippen LogP contribution is -2.00. The van der Waals surface area contributed by atoms with Gasteiger partial charge in [0.2, 0.25) is 0 Å². The number of hydrogen-bond donors (Lipinski definition) is 1. The Morgan fingerprint density at radius 3 is 2.40 bits per heavy atom. The minimum absolute atomic E-state index is 0.351. The molecule has 0 aliphatic rings. The number of phenolic OH excluding ortho intramolecular Hbond substituents is 1. The highest BCUT2D eigenvalue weighted by Crippen LogP contribution is 2.27. The van der Waals surface area contributed by atoms with Gasteiger partial charge in [0.25, 0.3) is 0 Å². The van der Waals surface area contributed by atoms with Crippen LogP contribution in [0.2, 0.25) is 0 Å². The molecule has 1 aromatic carbocycles. The molecule has 0 atom stereocenters. The average Bonchev–Trinajstić information content (AvgIpc) is 2.60. The molecular formula is C13H15NO. The minimum Gasteiger partial charge on any atom is -0.508 e. The molecule has 0 saturated heterocycles. The fourth-order valence-corrected chi connectivity index (χ4v) is 1.91. The first-order valence-corrected chi connectivity index (χ1v) is 5.05. The van der Waals surface area contributed by atoms with Crippen LogP contribution in [0.15, 0.2) is 30.5 Å². The first-order valence-electron chi connectivity index (χ1n) is 5.05. The van der Waals surface area contributed by atoms with Crippen LogP contribution in [0.25, 0.3) is 5.69 Å². The Bertz CT molecular complexity index is 497. The molecule has 2 nitrogen and oxygen atoms in total. The van der Waals surface area contributed by atoms with Gasteiger partial charge in [0, 0.05) is 17.5 Å². The first-order chi connectivity index (χ1) is 7.11. The second kappa shape index (κ2) is 3.46. The number of phenols is 1. The van der Waals surface area contributed by atoms with Gasteiger partial charge in [-0.15, -0.1) is 0 Å². The van der Waals surface area contributed by atoms with Crippen LogP contribution in [0.1, 0.15) is 16.8 Å². The van der Waals surface area contributed by atoms with Gasteiger partial charge in [-0.05, 0) is 44.5 Å². The Kier molecular flexibility index (Phi) is 2.27. The van der Waals surface area contributed by atoms with Crippen LogP contribution < -0.4 is 0 Å². The highest BCUT2D eigenvalue weighted by atomic mass is 16.3. The lowest BCUT2D eigenvalue weighted by molar-refractivity contribution is 0.470. The zero-order valence-electron chi connectivity index (χ0n) is 9.28. The maximum Gasteiger partial charge on any atom is 0.120 e. The lowest BCUT2D eigenvalue weighted by atomic mass is 10.1. The monoisotopic (exact) mass is 201 g/mol. The van der Waals surface area contributed by atoms with Crippen molar-refractivity contribution in [2.45, 2.75) is 20.8 Å². The smallest absolute Gasteiger partial charge is 0.120 e. The Balaban J connectivity index is 2.72. The van der Waals surface area contributed by atoms with E-state index in [1.54, 1.807) is 6.07 Å². The molecule has 0 aliphatic heterocycles. The number of aryl methyl sites for hydroxylation is 2. The molecule has 0 unspecified atom stereocenters. The van der Waals surface area contributed by atoms with Gasteiger partial charge < -0.3 is 9.67 Å². The predicted molar refractivity (Wildman–Crippen MR) is 61.6 cm³/mol. The summed E-state index contributed by atoms with van der Waals surface area (Å²) in [5, 5.41) is 9.70.